The van der Waals surface area contributed by atoms with Gasteiger partial charge in [-0.15, -0.1) is 0 Å². The number of hydrogen-bond acceptors (Lipinski definition) is 3. The van der Waals surface area contributed by atoms with Gasteiger partial charge >= 0.3 is 5.97 Å². The van der Waals surface area contributed by atoms with E-state index in [1.165, 1.54) is 5.56 Å². The van der Waals surface area contributed by atoms with Crippen molar-refractivity contribution in [3.8, 4) is 0 Å². The van der Waals surface area contributed by atoms with E-state index in [1.807, 2.05) is 48.5 Å². The fourth-order valence-corrected chi connectivity index (χ4v) is 2.56. The SMILES string of the molecule is CC(OC(=O)c1ccccc1NC(=O)S)c1ccccc1.Cc1ccccc1. The Balaban J connectivity index is 0.000000336. The van der Waals surface area contributed by atoms with Gasteiger partial charge in [-0.2, -0.15) is 0 Å². The topological polar surface area (TPSA) is 55.4 Å². The lowest BCUT2D eigenvalue weighted by molar-refractivity contribution is 0.0339. The van der Waals surface area contributed by atoms with E-state index in [1.54, 1.807) is 31.2 Å². The predicted octanol–water partition coefficient (Wildman–Crippen LogP) is 6.06. The number of aryl methyl sites for hydroxylation is 1. The zero-order valence-electron chi connectivity index (χ0n) is 15.8. The summed E-state index contributed by atoms with van der Waals surface area (Å²) in [5, 5.41) is 1.96. The van der Waals surface area contributed by atoms with Gasteiger partial charge in [0.15, 0.2) is 0 Å². The molecule has 1 unspecified atom stereocenters. The van der Waals surface area contributed by atoms with Crippen LogP contribution >= 0.6 is 12.6 Å². The average molecular weight is 394 g/mol. The molecule has 1 atom stereocenters. The van der Waals surface area contributed by atoms with Gasteiger partial charge in [0, 0.05) is 0 Å². The molecule has 0 aromatic heterocycles. The summed E-state index contributed by atoms with van der Waals surface area (Å²) in [6.45, 7) is 3.88. The molecule has 0 aliphatic heterocycles. The van der Waals surface area contributed by atoms with Gasteiger partial charge in [0.05, 0.1) is 11.3 Å². The number of ether oxygens (including phenoxy) is 1. The maximum Gasteiger partial charge on any atom is 0.340 e. The molecule has 0 aliphatic carbocycles. The number of hydrogen-bond donors (Lipinski definition) is 2. The predicted molar refractivity (Wildman–Crippen MR) is 116 cm³/mol. The largest absolute Gasteiger partial charge is 0.454 e. The number of carbonyl (C=O) groups is 2. The van der Waals surface area contributed by atoms with E-state index in [2.05, 4.69) is 37.0 Å². The van der Waals surface area contributed by atoms with E-state index in [0.717, 1.165) is 5.56 Å². The number of benzene rings is 3. The average Bonchev–Trinajstić information content (AvgIpc) is 2.69. The highest BCUT2D eigenvalue weighted by Gasteiger charge is 2.17. The van der Waals surface area contributed by atoms with Gasteiger partial charge in [0.1, 0.15) is 6.10 Å². The number of anilines is 1. The zero-order valence-corrected chi connectivity index (χ0v) is 16.7. The van der Waals surface area contributed by atoms with Crippen LogP contribution in [0.25, 0.3) is 0 Å². The third-order valence-electron chi connectivity index (χ3n) is 3.88. The molecule has 0 bridgehead atoms. The summed E-state index contributed by atoms with van der Waals surface area (Å²) in [6, 6.07) is 26.3. The van der Waals surface area contributed by atoms with Crippen LogP contribution in [0.3, 0.4) is 0 Å². The summed E-state index contributed by atoms with van der Waals surface area (Å²) < 4.78 is 5.43. The van der Waals surface area contributed by atoms with Crippen LogP contribution in [-0.4, -0.2) is 11.2 Å². The first kappa shape index (κ1) is 21.3. The first-order chi connectivity index (χ1) is 13.5. The summed E-state index contributed by atoms with van der Waals surface area (Å²) in [5.74, 6) is -0.496. The molecule has 5 heteroatoms. The van der Waals surface area contributed by atoms with Crippen LogP contribution < -0.4 is 5.32 Å². The van der Waals surface area contributed by atoms with Gasteiger partial charge in [0.25, 0.3) is 5.24 Å². The Hall–Kier alpha value is -3.05. The molecule has 4 nitrogen and oxygen atoms in total. The smallest absolute Gasteiger partial charge is 0.340 e. The van der Waals surface area contributed by atoms with Crippen LogP contribution in [0.5, 0.6) is 0 Å². The van der Waals surface area contributed by atoms with Crippen molar-refractivity contribution in [3.63, 3.8) is 0 Å². The lowest BCUT2D eigenvalue weighted by Crippen LogP contribution is -2.13. The fraction of sp³-hybridized carbons (Fsp3) is 0.130. The quantitative estimate of drug-likeness (QED) is 0.418. The first-order valence-electron chi connectivity index (χ1n) is 8.84. The van der Waals surface area contributed by atoms with Crippen LogP contribution in [0.4, 0.5) is 10.5 Å². The second-order valence-corrected chi connectivity index (χ2v) is 6.49. The molecule has 0 fully saturated rings. The van der Waals surface area contributed by atoms with Crippen LogP contribution in [0.15, 0.2) is 84.9 Å². The molecule has 0 saturated heterocycles. The minimum absolute atomic E-state index is 0.294. The van der Waals surface area contributed by atoms with Gasteiger partial charge in [-0.25, -0.2) is 4.79 Å². The first-order valence-corrected chi connectivity index (χ1v) is 9.28. The second-order valence-electron chi connectivity index (χ2n) is 6.09. The molecule has 0 radical (unpaired) electrons. The number of rotatable bonds is 4. The summed E-state index contributed by atoms with van der Waals surface area (Å²) >= 11 is 3.65. The highest BCUT2D eigenvalue weighted by molar-refractivity contribution is 7.96. The molecule has 0 saturated carbocycles. The van der Waals surface area contributed by atoms with Crippen molar-refractivity contribution in [1.82, 2.24) is 0 Å². The van der Waals surface area contributed by atoms with Crippen molar-refractivity contribution in [2.24, 2.45) is 0 Å². The Labute approximate surface area is 171 Å². The molecule has 0 aliphatic rings. The summed E-state index contributed by atoms with van der Waals surface area (Å²) in [5.41, 5.74) is 2.90. The standard InChI is InChI=1S/C16H15NO3S.C7H8/c1-11(12-7-3-2-4-8-12)20-15(18)13-9-5-6-10-14(13)17-16(19)21;1-7-5-3-2-4-6-7/h2-11H,1H3,(H2,17,19,21);2-6H,1H3. The van der Waals surface area contributed by atoms with E-state index in [0.29, 0.717) is 11.3 Å². The lowest BCUT2D eigenvalue weighted by Gasteiger charge is -2.15. The second kappa shape index (κ2) is 10.9. The molecular weight excluding hydrogens is 370 g/mol. The third-order valence-corrected chi connectivity index (χ3v) is 3.99. The number of amides is 1. The number of thiol groups is 1. The zero-order chi connectivity index (χ0) is 20.4. The summed E-state index contributed by atoms with van der Waals surface area (Å²) in [6.07, 6.45) is -0.376. The normalized spacial score (nSPS) is 10.8. The number of para-hydroxylation sites is 1. The van der Waals surface area contributed by atoms with Gasteiger partial charge in [0.2, 0.25) is 0 Å². The van der Waals surface area contributed by atoms with Crippen molar-refractivity contribution >= 4 is 29.5 Å². The Morgan fingerprint density at radius 1 is 0.857 bits per heavy atom. The maximum atomic E-state index is 12.2. The van der Waals surface area contributed by atoms with Crippen LogP contribution in [0.2, 0.25) is 0 Å². The summed E-state index contributed by atoms with van der Waals surface area (Å²) in [7, 11) is 0. The van der Waals surface area contributed by atoms with Gasteiger partial charge in [-0.1, -0.05) is 91.0 Å². The number of esters is 1. The van der Waals surface area contributed by atoms with Gasteiger partial charge in [-0.05, 0) is 31.5 Å². The monoisotopic (exact) mass is 393 g/mol. The van der Waals surface area contributed by atoms with E-state index in [9.17, 15) is 9.59 Å². The Bertz CT molecular complexity index is 898. The number of carbonyl (C=O) groups excluding carboxylic acids is 2. The minimum Gasteiger partial charge on any atom is -0.454 e. The molecule has 3 rings (SSSR count). The van der Waals surface area contributed by atoms with Crippen molar-refractivity contribution in [2.45, 2.75) is 20.0 Å². The highest BCUT2D eigenvalue weighted by atomic mass is 32.1. The van der Waals surface area contributed by atoms with Crippen molar-refractivity contribution in [3.05, 3.63) is 102 Å². The Morgan fingerprint density at radius 3 is 1.93 bits per heavy atom. The molecule has 1 N–H and O–H groups in total. The van der Waals surface area contributed by atoms with Crippen molar-refractivity contribution in [1.29, 1.82) is 0 Å². The Morgan fingerprint density at radius 2 is 1.39 bits per heavy atom. The molecule has 1 amide bonds. The number of nitrogens with one attached hydrogen (secondary N) is 1. The maximum absolute atomic E-state index is 12.2. The molecule has 144 valence electrons. The molecule has 0 heterocycles. The van der Waals surface area contributed by atoms with E-state index < -0.39 is 11.2 Å². The molecular formula is C23H23NO3S. The third kappa shape index (κ3) is 6.93. The van der Waals surface area contributed by atoms with Crippen LogP contribution in [-0.2, 0) is 4.74 Å². The Kier molecular flexibility index (Phi) is 8.31. The molecule has 0 spiro atoms. The fourth-order valence-electron chi connectivity index (χ4n) is 2.44. The summed E-state index contributed by atoms with van der Waals surface area (Å²) in [4.78, 5) is 23.3. The van der Waals surface area contributed by atoms with Gasteiger partial charge in [-0.3, -0.25) is 4.79 Å². The molecule has 3 aromatic rings. The van der Waals surface area contributed by atoms with E-state index in [4.69, 9.17) is 4.74 Å². The van der Waals surface area contributed by atoms with Crippen LogP contribution in [0, 0.1) is 6.92 Å². The van der Waals surface area contributed by atoms with E-state index in [-0.39, 0.29) is 6.10 Å². The molecule has 3 aromatic carbocycles. The highest BCUT2D eigenvalue weighted by Crippen LogP contribution is 2.22. The van der Waals surface area contributed by atoms with Gasteiger partial charge < -0.3 is 10.1 Å². The van der Waals surface area contributed by atoms with Crippen molar-refractivity contribution in [2.75, 3.05) is 5.32 Å². The lowest BCUT2D eigenvalue weighted by atomic mass is 10.1. The van der Waals surface area contributed by atoms with Crippen LogP contribution in [0.1, 0.15) is 34.5 Å². The van der Waals surface area contributed by atoms with Crippen molar-refractivity contribution < 1.29 is 14.3 Å². The van der Waals surface area contributed by atoms with E-state index >= 15 is 0 Å². The minimum atomic E-state index is -0.536. The molecule has 28 heavy (non-hydrogen) atoms.